The summed E-state index contributed by atoms with van der Waals surface area (Å²) in [6.07, 6.45) is 0. The quantitative estimate of drug-likeness (QED) is 0.868. The minimum Gasteiger partial charge on any atom is -0.307 e. The van der Waals surface area contributed by atoms with Crippen LogP contribution in [0.25, 0.3) is 0 Å². The van der Waals surface area contributed by atoms with Crippen LogP contribution in [0.2, 0.25) is 0 Å². The molecule has 3 heteroatoms. The fraction of sp³-hybridized carbons (Fsp3) is 0.250. The van der Waals surface area contributed by atoms with Crippen LogP contribution in [0, 0.1) is 12.7 Å². The Kier molecular flexibility index (Phi) is 4.72. The number of nitrogens with one attached hydrogen (secondary N) is 1. The third-order valence-corrected chi connectivity index (χ3v) is 4.00. The molecule has 19 heavy (non-hydrogen) atoms. The topological polar surface area (TPSA) is 12.0 Å². The Labute approximate surface area is 122 Å². The maximum atomic E-state index is 13.0. The molecule has 0 radical (unpaired) electrons. The van der Waals surface area contributed by atoms with Crippen LogP contribution in [0.4, 0.5) is 4.39 Å². The minimum atomic E-state index is -0.205. The number of halogens is 2. The van der Waals surface area contributed by atoms with E-state index in [1.807, 2.05) is 12.1 Å². The van der Waals surface area contributed by atoms with Gasteiger partial charge in [-0.05, 0) is 48.4 Å². The highest BCUT2D eigenvalue weighted by Gasteiger charge is 2.13. The lowest BCUT2D eigenvalue weighted by molar-refractivity contribution is 0.613. The van der Waals surface area contributed by atoms with Gasteiger partial charge in [0, 0.05) is 4.47 Å². The predicted molar refractivity (Wildman–Crippen MR) is 80.8 cm³/mol. The summed E-state index contributed by atoms with van der Waals surface area (Å²) in [6.45, 7) is 4.99. The monoisotopic (exact) mass is 321 g/mol. The van der Waals surface area contributed by atoms with Gasteiger partial charge in [0.05, 0.1) is 6.04 Å². The summed E-state index contributed by atoms with van der Waals surface area (Å²) in [4.78, 5) is 0. The molecule has 2 aromatic rings. The maximum Gasteiger partial charge on any atom is 0.123 e. The van der Waals surface area contributed by atoms with Crippen LogP contribution in [-0.4, -0.2) is 6.54 Å². The molecule has 0 fully saturated rings. The van der Waals surface area contributed by atoms with Crippen molar-refractivity contribution < 1.29 is 4.39 Å². The highest BCUT2D eigenvalue weighted by atomic mass is 79.9. The standard InChI is InChI=1S/C16H17BrFN/c1-3-19-16(12-6-8-14(18)9-7-12)13-5-4-11(2)15(17)10-13/h4-10,16,19H,3H2,1-2H3. The molecule has 1 atom stereocenters. The van der Waals surface area contributed by atoms with Crippen molar-refractivity contribution in [3.8, 4) is 0 Å². The Morgan fingerprint density at radius 2 is 1.74 bits per heavy atom. The first-order chi connectivity index (χ1) is 9.11. The zero-order valence-corrected chi connectivity index (χ0v) is 12.7. The first kappa shape index (κ1) is 14.2. The molecule has 0 aliphatic carbocycles. The Morgan fingerprint density at radius 1 is 1.11 bits per heavy atom. The van der Waals surface area contributed by atoms with Crippen LogP contribution in [0.3, 0.4) is 0 Å². The van der Waals surface area contributed by atoms with Gasteiger partial charge in [-0.2, -0.15) is 0 Å². The van der Waals surface area contributed by atoms with Gasteiger partial charge >= 0.3 is 0 Å². The summed E-state index contributed by atoms with van der Waals surface area (Å²) in [6, 6.07) is 13.1. The van der Waals surface area contributed by atoms with Crippen molar-refractivity contribution >= 4 is 15.9 Å². The lowest BCUT2D eigenvalue weighted by Gasteiger charge is -2.19. The second-order valence-corrected chi connectivity index (χ2v) is 5.41. The van der Waals surface area contributed by atoms with Gasteiger partial charge in [0.15, 0.2) is 0 Å². The highest BCUT2D eigenvalue weighted by molar-refractivity contribution is 9.10. The van der Waals surface area contributed by atoms with Gasteiger partial charge in [-0.3, -0.25) is 0 Å². The summed E-state index contributed by atoms with van der Waals surface area (Å²) in [5, 5.41) is 3.44. The lowest BCUT2D eigenvalue weighted by Crippen LogP contribution is -2.22. The number of benzene rings is 2. The van der Waals surface area contributed by atoms with Crippen LogP contribution in [0.5, 0.6) is 0 Å². The molecule has 0 heterocycles. The molecule has 0 saturated carbocycles. The molecule has 0 amide bonds. The molecule has 1 N–H and O–H groups in total. The summed E-state index contributed by atoms with van der Waals surface area (Å²) in [7, 11) is 0. The predicted octanol–water partition coefficient (Wildman–Crippen LogP) is 4.60. The number of hydrogen-bond donors (Lipinski definition) is 1. The van der Waals surface area contributed by atoms with Crippen LogP contribution in [0.1, 0.15) is 29.7 Å². The summed E-state index contributed by atoms with van der Waals surface area (Å²) in [5.41, 5.74) is 3.45. The third-order valence-electron chi connectivity index (χ3n) is 3.14. The van der Waals surface area contributed by atoms with Gasteiger partial charge in [0.25, 0.3) is 0 Å². The summed E-state index contributed by atoms with van der Waals surface area (Å²) >= 11 is 3.56. The Hall–Kier alpha value is -1.19. The van der Waals surface area contributed by atoms with Crippen LogP contribution >= 0.6 is 15.9 Å². The Morgan fingerprint density at radius 3 is 2.32 bits per heavy atom. The van der Waals surface area contributed by atoms with Crippen molar-refractivity contribution in [3.63, 3.8) is 0 Å². The molecule has 0 aromatic heterocycles. The second kappa shape index (κ2) is 6.31. The van der Waals surface area contributed by atoms with E-state index in [-0.39, 0.29) is 11.9 Å². The maximum absolute atomic E-state index is 13.0. The molecule has 1 nitrogen and oxygen atoms in total. The fourth-order valence-corrected chi connectivity index (χ4v) is 2.47. The first-order valence-electron chi connectivity index (χ1n) is 6.36. The van der Waals surface area contributed by atoms with Gasteiger partial charge in [-0.15, -0.1) is 0 Å². The lowest BCUT2D eigenvalue weighted by atomic mass is 9.98. The van der Waals surface area contributed by atoms with Crippen molar-refractivity contribution in [1.82, 2.24) is 5.32 Å². The molecule has 0 aliphatic heterocycles. The average Bonchev–Trinajstić information content (AvgIpc) is 2.41. The molecular weight excluding hydrogens is 305 g/mol. The van der Waals surface area contributed by atoms with Gasteiger partial charge in [-0.1, -0.05) is 47.1 Å². The summed E-state index contributed by atoms with van der Waals surface area (Å²) in [5.74, 6) is -0.205. The number of aryl methyl sites for hydroxylation is 1. The van der Waals surface area contributed by atoms with Crippen LogP contribution in [-0.2, 0) is 0 Å². The van der Waals surface area contributed by atoms with Crippen molar-refractivity contribution in [2.75, 3.05) is 6.54 Å². The van der Waals surface area contributed by atoms with Crippen molar-refractivity contribution in [3.05, 3.63) is 69.4 Å². The minimum absolute atomic E-state index is 0.0856. The third kappa shape index (κ3) is 3.43. The van der Waals surface area contributed by atoms with E-state index in [0.29, 0.717) is 0 Å². The molecule has 2 rings (SSSR count). The molecule has 0 bridgehead atoms. The van der Waals surface area contributed by atoms with Crippen molar-refractivity contribution in [2.45, 2.75) is 19.9 Å². The van der Waals surface area contributed by atoms with Crippen molar-refractivity contribution in [2.24, 2.45) is 0 Å². The molecule has 100 valence electrons. The van der Waals surface area contributed by atoms with E-state index in [9.17, 15) is 4.39 Å². The number of rotatable bonds is 4. The first-order valence-corrected chi connectivity index (χ1v) is 7.16. The van der Waals surface area contributed by atoms with E-state index in [1.165, 1.54) is 23.3 Å². The van der Waals surface area contributed by atoms with Gasteiger partial charge < -0.3 is 5.32 Å². The van der Waals surface area contributed by atoms with Crippen LogP contribution < -0.4 is 5.32 Å². The van der Waals surface area contributed by atoms with Gasteiger partial charge in [0.1, 0.15) is 5.82 Å². The van der Waals surface area contributed by atoms with E-state index in [4.69, 9.17) is 0 Å². The van der Waals surface area contributed by atoms with E-state index in [0.717, 1.165) is 16.6 Å². The van der Waals surface area contributed by atoms with Gasteiger partial charge in [-0.25, -0.2) is 4.39 Å². The van der Waals surface area contributed by atoms with Crippen LogP contribution in [0.15, 0.2) is 46.9 Å². The highest BCUT2D eigenvalue weighted by Crippen LogP contribution is 2.26. The van der Waals surface area contributed by atoms with Crippen molar-refractivity contribution in [1.29, 1.82) is 0 Å². The second-order valence-electron chi connectivity index (χ2n) is 4.55. The van der Waals surface area contributed by atoms with E-state index in [2.05, 4.69) is 53.3 Å². The zero-order valence-electron chi connectivity index (χ0n) is 11.1. The molecule has 0 spiro atoms. The van der Waals surface area contributed by atoms with E-state index >= 15 is 0 Å². The van der Waals surface area contributed by atoms with E-state index < -0.39 is 0 Å². The fourth-order valence-electron chi connectivity index (χ4n) is 2.08. The van der Waals surface area contributed by atoms with Gasteiger partial charge in [0.2, 0.25) is 0 Å². The molecule has 2 aromatic carbocycles. The molecule has 0 saturated heterocycles. The van der Waals surface area contributed by atoms with E-state index in [1.54, 1.807) is 0 Å². The SMILES string of the molecule is CCNC(c1ccc(F)cc1)c1ccc(C)c(Br)c1. The molecule has 0 aliphatic rings. The largest absolute Gasteiger partial charge is 0.307 e. The zero-order chi connectivity index (χ0) is 13.8. The normalized spacial score (nSPS) is 12.4. The molecule has 1 unspecified atom stereocenters. The Balaban J connectivity index is 2.38. The number of hydrogen-bond acceptors (Lipinski definition) is 1. The smallest absolute Gasteiger partial charge is 0.123 e. The summed E-state index contributed by atoms with van der Waals surface area (Å²) < 4.78 is 14.1. The Bertz CT molecular complexity index is 551. The molecular formula is C16H17BrFN. The average molecular weight is 322 g/mol.